The van der Waals surface area contributed by atoms with Crippen LogP contribution in [0.1, 0.15) is 44.5 Å². The van der Waals surface area contributed by atoms with Gasteiger partial charge in [0.25, 0.3) is 0 Å². The molecule has 0 aromatic carbocycles. The van der Waals surface area contributed by atoms with Crippen molar-refractivity contribution in [3.8, 4) is 0 Å². The molecule has 0 saturated heterocycles. The minimum Gasteiger partial charge on any atom is -0.351 e. The van der Waals surface area contributed by atoms with Crippen LogP contribution in [-0.4, -0.2) is 26.7 Å². The summed E-state index contributed by atoms with van der Waals surface area (Å²) in [5.41, 5.74) is 0.755. The summed E-state index contributed by atoms with van der Waals surface area (Å²) in [5, 5.41) is 18.2. The number of aromatic nitrogens is 2. The monoisotopic (exact) mass is 308 g/mol. The molecule has 1 aliphatic carbocycles. The molecule has 1 aromatic heterocycles. The predicted molar refractivity (Wildman–Crippen MR) is 82.5 cm³/mol. The van der Waals surface area contributed by atoms with Crippen molar-refractivity contribution in [1.29, 1.82) is 0 Å². The lowest BCUT2D eigenvalue weighted by atomic mass is 9.78. The first kappa shape index (κ1) is 16.5. The van der Waals surface area contributed by atoms with Crippen LogP contribution in [0.15, 0.2) is 0 Å². The summed E-state index contributed by atoms with van der Waals surface area (Å²) in [6, 6.07) is 0.184. The van der Waals surface area contributed by atoms with E-state index in [1.165, 1.54) is 11.1 Å². The first-order valence-corrected chi connectivity index (χ1v) is 7.79. The van der Waals surface area contributed by atoms with E-state index in [-0.39, 0.29) is 24.2 Å². The molecular weight excluding hydrogens is 284 g/mol. The number of aryl methyl sites for hydroxylation is 1. The Labute approximate surface area is 130 Å². The molecule has 3 atom stereocenters. The van der Waals surface area contributed by atoms with Gasteiger partial charge in [0.15, 0.2) is 0 Å². The molecule has 0 unspecified atom stereocenters. The SMILES string of the molecule is Cc1nn(CC(=O)N[C@@H]2CCC[C@@H](C)[C@@H]2C)c(C)c1[N+](=O)[O-]. The Bertz CT molecular complexity index is 582. The van der Waals surface area contributed by atoms with Gasteiger partial charge in [-0.1, -0.05) is 26.7 Å². The van der Waals surface area contributed by atoms with Gasteiger partial charge in [-0.05, 0) is 32.1 Å². The smallest absolute Gasteiger partial charge is 0.312 e. The lowest BCUT2D eigenvalue weighted by Gasteiger charge is -2.34. The van der Waals surface area contributed by atoms with Crippen LogP contribution < -0.4 is 5.32 Å². The average molecular weight is 308 g/mol. The van der Waals surface area contributed by atoms with Gasteiger partial charge in [0.1, 0.15) is 17.9 Å². The number of hydrogen-bond acceptors (Lipinski definition) is 4. The quantitative estimate of drug-likeness (QED) is 0.683. The second-order valence-corrected chi connectivity index (χ2v) is 6.38. The number of amides is 1. The van der Waals surface area contributed by atoms with E-state index < -0.39 is 4.92 Å². The fraction of sp³-hybridized carbons (Fsp3) is 0.733. The molecule has 7 heteroatoms. The van der Waals surface area contributed by atoms with Crippen molar-refractivity contribution in [3.05, 3.63) is 21.5 Å². The zero-order valence-corrected chi connectivity index (χ0v) is 13.6. The molecule has 1 saturated carbocycles. The summed E-state index contributed by atoms with van der Waals surface area (Å²) in [7, 11) is 0. The number of nitrogens with zero attached hydrogens (tertiary/aromatic N) is 3. The molecule has 122 valence electrons. The van der Waals surface area contributed by atoms with Gasteiger partial charge in [0.05, 0.1) is 4.92 Å². The molecule has 22 heavy (non-hydrogen) atoms. The van der Waals surface area contributed by atoms with Gasteiger partial charge in [-0.25, -0.2) is 0 Å². The Balaban J connectivity index is 2.03. The van der Waals surface area contributed by atoms with Crippen molar-refractivity contribution >= 4 is 11.6 Å². The molecule has 1 aliphatic rings. The molecule has 2 rings (SSSR count). The summed E-state index contributed by atoms with van der Waals surface area (Å²) in [5.74, 6) is 0.924. The Kier molecular flexibility index (Phi) is 4.83. The molecule has 1 amide bonds. The zero-order chi connectivity index (χ0) is 16.4. The van der Waals surface area contributed by atoms with E-state index in [2.05, 4.69) is 24.3 Å². The molecule has 0 spiro atoms. The van der Waals surface area contributed by atoms with Crippen LogP contribution >= 0.6 is 0 Å². The maximum Gasteiger partial charge on any atom is 0.312 e. The Morgan fingerprint density at radius 2 is 2.09 bits per heavy atom. The highest BCUT2D eigenvalue weighted by Crippen LogP contribution is 2.29. The van der Waals surface area contributed by atoms with Crippen LogP contribution in [0.25, 0.3) is 0 Å². The molecule has 0 aliphatic heterocycles. The number of carbonyl (C=O) groups is 1. The van der Waals surface area contributed by atoms with E-state index >= 15 is 0 Å². The summed E-state index contributed by atoms with van der Waals surface area (Å²) in [4.78, 5) is 22.8. The lowest BCUT2D eigenvalue weighted by molar-refractivity contribution is -0.386. The minimum atomic E-state index is -0.447. The number of hydrogen-bond donors (Lipinski definition) is 1. The Hall–Kier alpha value is -1.92. The second-order valence-electron chi connectivity index (χ2n) is 6.38. The molecule has 1 heterocycles. The Morgan fingerprint density at radius 1 is 1.41 bits per heavy atom. The normalized spacial score (nSPS) is 25.0. The van der Waals surface area contributed by atoms with E-state index in [1.54, 1.807) is 13.8 Å². The maximum atomic E-state index is 12.2. The van der Waals surface area contributed by atoms with Gasteiger partial charge in [-0.3, -0.25) is 19.6 Å². The topological polar surface area (TPSA) is 90.1 Å². The largest absolute Gasteiger partial charge is 0.351 e. The number of rotatable bonds is 4. The van der Waals surface area contributed by atoms with Crippen LogP contribution in [0.4, 0.5) is 5.69 Å². The average Bonchev–Trinajstić information content (AvgIpc) is 2.69. The van der Waals surface area contributed by atoms with Gasteiger partial charge < -0.3 is 5.32 Å². The van der Waals surface area contributed by atoms with Gasteiger partial charge in [0.2, 0.25) is 5.91 Å². The van der Waals surface area contributed by atoms with Crippen molar-refractivity contribution in [2.45, 2.75) is 59.5 Å². The third-order valence-electron chi connectivity index (χ3n) is 4.87. The van der Waals surface area contributed by atoms with E-state index in [1.807, 2.05) is 0 Å². The fourth-order valence-electron chi connectivity index (χ4n) is 3.28. The third-order valence-corrected chi connectivity index (χ3v) is 4.87. The highest BCUT2D eigenvalue weighted by Gasteiger charge is 2.29. The van der Waals surface area contributed by atoms with Crippen molar-refractivity contribution in [3.63, 3.8) is 0 Å². The summed E-state index contributed by atoms with van der Waals surface area (Å²) in [6.07, 6.45) is 3.33. The van der Waals surface area contributed by atoms with E-state index in [0.29, 0.717) is 23.2 Å². The Morgan fingerprint density at radius 3 is 2.68 bits per heavy atom. The number of nitro groups is 1. The fourth-order valence-corrected chi connectivity index (χ4v) is 3.28. The van der Waals surface area contributed by atoms with E-state index in [0.717, 1.165) is 12.8 Å². The van der Waals surface area contributed by atoms with Gasteiger partial charge >= 0.3 is 5.69 Å². The predicted octanol–water partition coefficient (Wildman–Crippen LogP) is 2.35. The van der Waals surface area contributed by atoms with Gasteiger partial charge in [-0.15, -0.1) is 0 Å². The highest BCUT2D eigenvalue weighted by molar-refractivity contribution is 5.76. The first-order valence-electron chi connectivity index (χ1n) is 7.79. The molecule has 1 N–H and O–H groups in total. The zero-order valence-electron chi connectivity index (χ0n) is 13.6. The van der Waals surface area contributed by atoms with E-state index in [9.17, 15) is 14.9 Å². The van der Waals surface area contributed by atoms with Gasteiger partial charge in [-0.2, -0.15) is 5.10 Å². The number of carbonyl (C=O) groups excluding carboxylic acids is 1. The van der Waals surface area contributed by atoms with Crippen molar-refractivity contribution < 1.29 is 9.72 Å². The van der Waals surface area contributed by atoms with E-state index in [4.69, 9.17) is 0 Å². The van der Waals surface area contributed by atoms with Crippen LogP contribution in [0.3, 0.4) is 0 Å². The molecule has 0 bridgehead atoms. The maximum absolute atomic E-state index is 12.2. The van der Waals surface area contributed by atoms with Crippen molar-refractivity contribution in [2.24, 2.45) is 11.8 Å². The summed E-state index contributed by atoms with van der Waals surface area (Å²) >= 11 is 0. The third kappa shape index (κ3) is 3.28. The van der Waals surface area contributed by atoms with Gasteiger partial charge in [0, 0.05) is 6.04 Å². The molecular formula is C15H24N4O3. The van der Waals surface area contributed by atoms with Crippen molar-refractivity contribution in [2.75, 3.05) is 0 Å². The van der Waals surface area contributed by atoms with Crippen LogP contribution in [0, 0.1) is 35.8 Å². The minimum absolute atomic E-state index is 0.00698. The van der Waals surface area contributed by atoms with Crippen molar-refractivity contribution in [1.82, 2.24) is 15.1 Å². The molecule has 7 nitrogen and oxygen atoms in total. The first-order chi connectivity index (χ1) is 10.3. The molecule has 1 aromatic rings. The highest BCUT2D eigenvalue weighted by atomic mass is 16.6. The van der Waals surface area contributed by atoms with Crippen LogP contribution in [-0.2, 0) is 11.3 Å². The second kappa shape index (κ2) is 6.46. The standard InChI is InChI=1S/C15H24N4O3/c1-9-6-5-7-13(10(9)2)16-14(20)8-18-12(4)15(19(21)22)11(3)17-18/h9-10,13H,5-8H2,1-4H3,(H,16,20)/t9-,10+,13-/m1/s1. The molecule has 0 radical (unpaired) electrons. The number of nitrogens with one attached hydrogen (secondary N) is 1. The van der Waals surface area contributed by atoms with Crippen LogP contribution in [0.5, 0.6) is 0 Å². The summed E-state index contributed by atoms with van der Waals surface area (Å²) in [6.45, 7) is 7.62. The lowest BCUT2D eigenvalue weighted by Crippen LogP contribution is -2.45. The molecule has 1 fully saturated rings. The summed E-state index contributed by atoms with van der Waals surface area (Å²) < 4.78 is 1.42. The van der Waals surface area contributed by atoms with Crippen LogP contribution in [0.2, 0.25) is 0 Å².